The van der Waals surface area contributed by atoms with Gasteiger partial charge in [0.25, 0.3) is 0 Å². The predicted octanol–water partition coefficient (Wildman–Crippen LogP) is 2.99. The Labute approximate surface area is 106 Å². The second kappa shape index (κ2) is 3.64. The molecule has 0 amide bonds. The molecule has 2 heteroatoms. The van der Waals surface area contributed by atoms with Gasteiger partial charge in [-0.2, -0.15) is 10.2 Å². The Kier molecular flexibility index (Phi) is 1.97. The van der Waals surface area contributed by atoms with Gasteiger partial charge < -0.3 is 0 Å². The van der Waals surface area contributed by atoms with Crippen LogP contribution in [0.5, 0.6) is 0 Å². The van der Waals surface area contributed by atoms with Crippen molar-refractivity contribution < 1.29 is 0 Å². The quantitative estimate of drug-likeness (QED) is 0.675. The monoisotopic (exact) mass is 232 g/mol. The molecule has 86 valence electrons. The first-order chi connectivity index (χ1) is 8.92. The van der Waals surface area contributed by atoms with Crippen molar-refractivity contribution in [3.8, 4) is 0 Å². The molecule has 0 radical (unpaired) electrons. The molecular formula is C16H12N2. The zero-order valence-electron chi connectivity index (χ0n) is 9.93. The molecule has 2 nitrogen and oxygen atoms in total. The van der Waals surface area contributed by atoms with Crippen molar-refractivity contribution in [2.45, 2.75) is 12.8 Å². The van der Waals surface area contributed by atoms with E-state index in [0.29, 0.717) is 0 Å². The minimum atomic E-state index is 0.953. The third-order valence-electron chi connectivity index (χ3n) is 3.66. The van der Waals surface area contributed by atoms with Gasteiger partial charge >= 0.3 is 0 Å². The second-order valence-corrected chi connectivity index (χ2v) is 4.76. The fourth-order valence-corrected chi connectivity index (χ4v) is 2.55. The van der Waals surface area contributed by atoms with E-state index in [1.807, 2.05) is 0 Å². The van der Waals surface area contributed by atoms with Crippen LogP contribution in [0.1, 0.15) is 22.3 Å². The smallest absolute Gasteiger partial charge is 0.0749 e. The SMILES string of the molecule is c1ccc2c(c1)C/C2=N/N=C1\Cc2ccccc21. The van der Waals surface area contributed by atoms with E-state index in [1.165, 1.54) is 22.3 Å². The van der Waals surface area contributed by atoms with Crippen LogP contribution >= 0.6 is 0 Å². The van der Waals surface area contributed by atoms with Crippen LogP contribution in [0.3, 0.4) is 0 Å². The standard InChI is InChI=1S/C16H12N2/c1-3-7-13-11(5-1)9-15(13)17-18-16-10-12-6-2-4-8-14(12)16/h1-8H,9-10H2/b17-15-,18-16+. The van der Waals surface area contributed by atoms with Crippen LogP contribution in [0, 0.1) is 0 Å². The van der Waals surface area contributed by atoms with E-state index < -0.39 is 0 Å². The molecule has 2 aliphatic rings. The van der Waals surface area contributed by atoms with Gasteiger partial charge in [0, 0.05) is 24.0 Å². The number of nitrogens with zero attached hydrogens (tertiary/aromatic N) is 2. The maximum Gasteiger partial charge on any atom is 0.0749 e. The van der Waals surface area contributed by atoms with Crippen LogP contribution in [-0.2, 0) is 12.8 Å². The Morgan fingerprint density at radius 2 is 1.06 bits per heavy atom. The molecule has 0 bridgehead atoms. The van der Waals surface area contributed by atoms with Crippen molar-refractivity contribution in [2.24, 2.45) is 10.2 Å². The van der Waals surface area contributed by atoms with Gasteiger partial charge in [-0.15, -0.1) is 0 Å². The van der Waals surface area contributed by atoms with Crippen LogP contribution in [-0.4, -0.2) is 11.4 Å². The van der Waals surface area contributed by atoms with Crippen LogP contribution in [0.2, 0.25) is 0 Å². The van der Waals surface area contributed by atoms with Crippen molar-refractivity contribution in [3.05, 3.63) is 70.8 Å². The lowest BCUT2D eigenvalue weighted by molar-refractivity contribution is 1.09. The Balaban J connectivity index is 1.63. The van der Waals surface area contributed by atoms with E-state index in [4.69, 9.17) is 0 Å². The summed E-state index contributed by atoms with van der Waals surface area (Å²) in [5.41, 5.74) is 7.50. The highest BCUT2D eigenvalue weighted by Crippen LogP contribution is 2.25. The summed E-state index contributed by atoms with van der Waals surface area (Å²) < 4.78 is 0. The lowest BCUT2D eigenvalue weighted by Gasteiger charge is -2.22. The largest absolute Gasteiger partial charge is 0.154 e. The summed E-state index contributed by atoms with van der Waals surface area (Å²) in [4.78, 5) is 0. The molecule has 2 aromatic carbocycles. The summed E-state index contributed by atoms with van der Waals surface area (Å²) in [7, 11) is 0. The van der Waals surface area contributed by atoms with E-state index in [1.54, 1.807) is 0 Å². The average Bonchev–Trinajstić information content (AvgIpc) is 2.35. The van der Waals surface area contributed by atoms with Crippen LogP contribution < -0.4 is 0 Å². The first kappa shape index (κ1) is 9.77. The normalized spacial score (nSPS) is 20.0. The molecule has 0 aromatic heterocycles. The molecular weight excluding hydrogens is 220 g/mol. The third kappa shape index (κ3) is 1.35. The fourth-order valence-electron chi connectivity index (χ4n) is 2.55. The summed E-state index contributed by atoms with van der Waals surface area (Å²) >= 11 is 0. The highest BCUT2D eigenvalue weighted by molar-refractivity contribution is 6.12. The van der Waals surface area contributed by atoms with Gasteiger partial charge in [-0.1, -0.05) is 48.5 Å². The zero-order valence-corrected chi connectivity index (χ0v) is 9.93. The van der Waals surface area contributed by atoms with Crippen molar-refractivity contribution in [2.75, 3.05) is 0 Å². The summed E-state index contributed by atoms with van der Waals surface area (Å²) in [6.07, 6.45) is 1.91. The van der Waals surface area contributed by atoms with E-state index >= 15 is 0 Å². The van der Waals surface area contributed by atoms with E-state index in [9.17, 15) is 0 Å². The summed E-state index contributed by atoms with van der Waals surface area (Å²) in [6, 6.07) is 16.8. The highest BCUT2D eigenvalue weighted by Gasteiger charge is 2.22. The molecule has 2 aliphatic carbocycles. The molecule has 18 heavy (non-hydrogen) atoms. The fraction of sp³-hybridized carbons (Fsp3) is 0.125. The van der Waals surface area contributed by atoms with Crippen molar-refractivity contribution in [1.82, 2.24) is 0 Å². The van der Waals surface area contributed by atoms with Gasteiger partial charge in [-0.25, -0.2) is 0 Å². The minimum absolute atomic E-state index is 0.953. The molecule has 2 aromatic rings. The molecule has 4 rings (SSSR count). The lowest BCUT2D eigenvalue weighted by atomic mass is 9.86. The molecule has 0 spiro atoms. The molecule has 0 N–H and O–H groups in total. The maximum absolute atomic E-state index is 4.40. The predicted molar refractivity (Wildman–Crippen MR) is 73.4 cm³/mol. The van der Waals surface area contributed by atoms with Gasteiger partial charge in [0.15, 0.2) is 0 Å². The number of hydrogen-bond donors (Lipinski definition) is 0. The number of rotatable bonds is 1. The second-order valence-electron chi connectivity index (χ2n) is 4.76. The molecule has 0 heterocycles. The van der Waals surface area contributed by atoms with E-state index in [2.05, 4.69) is 58.7 Å². The Morgan fingerprint density at radius 1 is 0.611 bits per heavy atom. The highest BCUT2D eigenvalue weighted by atomic mass is 15.2. The first-order valence-corrected chi connectivity index (χ1v) is 6.22. The van der Waals surface area contributed by atoms with E-state index in [-0.39, 0.29) is 0 Å². The number of hydrogen-bond acceptors (Lipinski definition) is 2. The van der Waals surface area contributed by atoms with Crippen LogP contribution in [0.25, 0.3) is 0 Å². The molecule has 0 saturated carbocycles. The Hall–Kier alpha value is -2.22. The molecule has 0 fully saturated rings. The maximum atomic E-state index is 4.40. The van der Waals surface area contributed by atoms with Gasteiger partial charge in [-0.3, -0.25) is 0 Å². The first-order valence-electron chi connectivity index (χ1n) is 6.22. The van der Waals surface area contributed by atoms with Crippen molar-refractivity contribution >= 4 is 11.4 Å². The van der Waals surface area contributed by atoms with Crippen molar-refractivity contribution in [1.29, 1.82) is 0 Å². The van der Waals surface area contributed by atoms with Gasteiger partial charge in [0.2, 0.25) is 0 Å². The molecule has 0 unspecified atom stereocenters. The zero-order chi connectivity index (χ0) is 11.9. The van der Waals surface area contributed by atoms with Gasteiger partial charge in [0.05, 0.1) is 11.4 Å². The topological polar surface area (TPSA) is 24.7 Å². The summed E-state index contributed by atoms with van der Waals surface area (Å²) in [6.45, 7) is 0. The Morgan fingerprint density at radius 3 is 1.50 bits per heavy atom. The molecule has 0 saturated heterocycles. The average molecular weight is 232 g/mol. The molecule has 0 atom stereocenters. The summed E-state index contributed by atoms with van der Waals surface area (Å²) in [5, 5.41) is 8.79. The molecule has 0 aliphatic heterocycles. The number of fused-ring (bicyclic) bond motifs is 2. The van der Waals surface area contributed by atoms with Crippen LogP contribution in [0.15, 0.2) is 58.7 Å². The lowest BCUT2D eigenvalue weighted by Crippen LogP contribution is -2.21. The number of benzene rings is 2. The third-order valence-corrected chi connectivity index (χ3v) is 3.66. The van der Waals surface area contributed by atoms with Gasteiger partial charge in [0.1, 0.15) is 0 Å². The summed E-state index contributed by atoms with van der Waals surface area (Å²) in [5.74, 6) is 0. The van der Waals surface area contributed by atoms with E-state index in [0.717, 1.165) is 24.3 Å². The van der Waals surface area contributed by atoms with Crippen LogP contribution in [0.4, 0.5) is 0 Å². The Bertz CT molecular complexity index is 634. The van der Waals surface area contributed by atoms with Gasteiger partial charge in [-0.05, 0) is 11.1 Å². The minimum Gasteiger partial charge on any atom is -0.154 e. The van der Waals surface area contributed by atoms with Crippen molar-refractivity contribution in [3.63, 3.8) is 0 Å².